The highest BCUT2D eigenvalue weighted by atomic mass is 15.2. The molecule has 0 aliphatic heterocycles. The van der Waals surface area contributed by atoms with Gasteiger partial charge in [-0.3, -0.25) is 0 Å². The van der Waals surface area contributed by atoms with Gasteiger partial charge in [-0.25, -0.2) is 4.98 Å². The maximum absolute atomic E-state index is 6.06. The van der Waals surface area contributed by atoms with E-state index < -0.39 is 0 Å². The summed E-state index contributed by atoms with van der Waals surface area (Å²) in [5, 5.41) is 0. The van der Waals surface area contributed by atoms with Crippen molar-refractivity contribution >= 4 is 5.82 Å². The van der Waals surface area contributed by atoms with Crippen LogP contribution in [0.5, 0.6) is 0 Å². The maximum atomic E-state index is 6.06. The van der Waals surface area contributed by atoms with Crippen LogP contribution in [0.2, 0.25) is 0 Å². The molecule has 0 aromatic carbocycles. The largest absolute Gasteiger partial charge is 0.353 e. The SMILES string of the molecule is CC(C)CCN(c1ncccc1C(C)N)C1CC1. The van der Waals surface area contributed by atoms with Crippen LogP contribution in [0, 0.1) is 5.92 Å². The molecule has 0 radical (unpaired) electrons. The van der Waals surface area contributed by atoms with E-state index in [-0.39, 0.29) is 6.04 Å². The summed E-state index contributed by atoms with van der Waals surface area (Å²) in [6.07, 6.45) is 5.69. The molecular weight excluding hydrogens is 222 g/mol. The highest BCUT2D eigenvalue weighted by molar-refractivity contribution is 5.50. The molecule has 2 rings (SSSR count). The molecule has 1 saturated carbocycles. The summed E-state index contributed by atoms with van der Waals surface area (Å²) >= 11 is 0. The summed E-state index contributed by atoms with van der Waals surface area (Å²) in [6.45, 7) is 7.68. The van der Waals surface area contributed by atoms with Crippen LogP contribution in [0.3, 0.4) is 0 Å². The Labute approximate surface area is 110 Å². The molecule has 1 aromatic heterocycles. The van der Waals surface area contributed by atoms with Crippen molar-refractivity contribution in [2.24, 2.45) is 11.7 Å². The zero-order valence-corrected chi connectivity index (χ0v) is 11.8. The van der Waals surface area contributed by atoms with Crippen molar-refractivity contribution in [3.63, 3.8) is 0 Å². The monoisotopic (exact) mass is 247 g/mol. The summed E-state index contributed by atoms with van der Waals surface area (Å²) in [6, 6.07) is 4.83. The number of hydrogen-bond donors (Lipinski definition) is 1. The van der Waals surface area contributed by atoms with Gasteiger partial charge in [0.2, 0.25) is 0 Å². The van der Waals surface area contributed by atoms with Crippen molar-refractivity contribution in [3.05, 3.63) is 23.9 Å². The Morgan fingerprint density at radius 1 is 1.39 bits per heavy atom. The molecule has 3 nitrogen and oxygen atoms in total. The molecule has 0 amide bonds. The fourth-order valence-electron chi connectivity index (χ4n) is 2.25. The van der Waals surface area contributed by atoms with Gasteiger partial charge in [0.15, 0.2) is 0 Å². The summed E-state index contributed by atoms with van der Waals surface area (Å²) in [4.78, 5) is 7.06. The van der Waals surface area contributed by atoms with Crippen LogP contribution in [0.15, 0.2) is 18.3 Å². The standard InChI is InChI=1S/C15H25N3/c1-11(2)8-10-18(13-6-7-13)15-14(12(3)16)5-4-9-17-15/h4-5,9,11-13H,6-8,10,16H2,1-3H3. The molecule has 18 heavy (non-hydrogen) atoms. The number of pyridine rings is 1. The second kappa shape index (κ2) is 5.70. The molecule has 1 unspecified atom stereocenters. The molecule has 0 bridgehead atoms. The Bertz CT molecular complexity index is 383. The van der Waals surface area contributed by atoms with Gasteiger partial charge >= 0.3 is 0 Å². The minimum Gasteiger partial charge on any atom is -0.353 e. The van der Waals surface area contributed by atoms with Gasteiger partial charge in [-0.2, -0.15) is 0 Å². The van der Waals surface area contributed by atoms with Gasteiger partial charge in [0.1, 0.15) is 5.82 Å². The van der Waals surface area contributed by atoms with Gasteiger partial charge in [-0.15, -0.1) is 0 Å². The topological polar surface area (TPSA) is 42.2 Å². The summed E-state index contributed by atoms with van der Waals surface area (Å²) in [5.74, 6) is 1.84. The van der Waals surface area contributed by atoms with Crippen LogP contribution in [0.4, 0.5) is 5.82 Å². The first kappa shape index (κ1) is 13.3. The zero-order valence-electron chi connectivity index (χ0n) is 11.8. The quantitative estimate of drug-likeness (QED) is 0.840. The van der Waals surface area contributed by atoms with E-state index in [0.717, 1.165) is 18.3 Å². The third-order valence-corrected chi connectivity index (χ3v) is 3.51. The van der Waals surface area contributed by atoms with Crippen LogP contribution >= 0.6 is 0 Å². The molecule has 1 aliphatic carbocycles. The smallest absolute Gasteiger partial charge is 0.133 e. The summed E-state index contributed by atoms with van der Waals surface area (Å²) < 4.78 is 0. The second-order valence-electron chi connectivity index (χ2n) is 5.81. The third kappa shape index (κ3) is 3.22. The van der Waals surface area contributed by atoms with E-state index in [0.29, 0.717) is 6.04 Å². The van der Waals surface area contributed by atoms with Gasteiger partial charge in [0.05, 0.1) is 0 Å². The fraction of sp³-hybridized carbons (Fsp3) is 0.667. The summed E-state index contributed by atoms with van der Waals surface area (Å²) in [5.41, 5.74) is 7.24. The maximum Gasteiger partial charge on any atom is 0.133 e. The Morgan fingerprint density at radius 3 is 2.67 bits per heavy atom. The van der Waals surface area contributed by atoms with Gasteiger partial charge in [-0.1, -0.05) is 19.9 Å². The van der Waals surface area contributed by atoms with Gasteiger partial charge in [0.25, 0.3) is 0 Å². The highest BCUT2D eigenvalue weighted by Crippen LogP contribution is 2.34. The van der Waals surface area contributed by atoms with Crippen molar-refractivity contribution < 1.29 is 0 Å². The Kier molecular flexibility index (Phi) is 4.23. The van der Waals surface area contributed by atoms with Crippen molar-refractivity contribution in [2.45, 2.75) is 52.1 Å². The predicted molar refractivity (Wildman–Crippen MR) is 76.7 cm³/mol. The molecule has 1 aromatic rings. The number of rotatable bonds is 6. The minimum absolute atomic E-state index is 0.0500. The first-order valence-electron chi connectivity index (χ1n) is 7.06. The third-order valence-electron chi connectivity index (χ3n) is 3.51. The van der Waals surface area contributed by atoms with E-state index >= 15 is 0 Å². The van der Waals surface area contributed by atoms with Crippen LogP contribution in [0.1, 0.15) is 51.6 Å². The molecule has 0 spiro atoms. The van der Waals surface area contributed by atoms with Crippen molar-refractivity contribution in [2.75, 3.05) is 11.4 Å². The number of nitrogens with zero attached hydrogens (tertiary/aromatic N) is 2. The Hall–Kier alpha value is -1.09. The first-order chi connectivity index (χ1) is 8.59. The van der Waals surface area contributed by atoms with E-state index in [4.69, 9.17) is 5.73 Å². The minimum atomic E-state index is 0.0500. The van der Waals surface area contributed by atoms with Crippen molar-refractivity contribution in [3.8, 4) is 0 Å². The molecule has 100 valence electrons. The Balaban J connectivity index is 2.19. The average molecular weight is 247 g/mol. The van der Waals surface area contributed by atoms with Gasteiger partial charge < -0.3 is 10.6 Å². The first-order valence-corrected chi connectivity index (χ1v) is 7.06. The van der Waals surface area contributed by atoms with E-state index in [9.17, 15) is 0 Å². The molecular formula is C15H25N3. The number of hydrogen-bond acceptors (Lipinski definition) is 3. The van der Waals surface area contributed by atoms with E-state index in [2.05, 4.69) is 29.8 Å². The van der Waals surface area contributed by atoms with Crippen molar-refractivity contribution in [1.82, 2.24) is 4.98 Å². The van der Waals surface area contributed by atoms with Gasteiger partial charge in [-0.05, 0) is 38.2 Å². The molecule has 1 aliphatic rings. The number of anilines is 1. The molecule has 2 N–H and O–H groups in total. The average Bonchev–Trinajstić information content (AvgIpc) is 3.14. The lowest BCUT2D eigenvalue weighted by Gasteiger charge is -2.27. The van der Waals surface area contributed by atoms with Crippen LogP contribution < -0.4 is 10.6 Å². The van der Waals surface area contributed by atoms with Crippen molar-refractivity contribution in [1.29, 1.82) is 0 Å². The number of nitrogens with two attached hydrogens (primary N) is 1. The van der Waals surface area contributed by atoms with E-state index in [1.165, 1.54) is 24.8 Å². The second-order valence-corrected chi connectivity index (χ2v) is 5.81. The summed E-state index contributed by atoms with van der Waals surface area (Å²) in [7, 11) is 0. The normalized spacial score (nSPS) is 16.9. The molecule has 1 atom stereocenters. The highest BCUT2D eigenvalue weighted by Gasteiger charge is 2.31. The molecule has 3 heteroatoms. The van der Waals surface area contributed by atoms with Crippen LogP contribution in [0.25, 0.3) is 0 Å². The molecule has 1 heterocycles. The van der Waals surface area contributed by atoms with E-state index in [1.54, 1.807) is 0 Å². The van der Waals surface area contributed by atoms with Crippen LogP contribution in [-0.2, 0) is 0 Å². The zero-order chi connectivity index (χ0) is 13.1. The molecule has 1 fully saturated rings. The Morgan fingerprint density at radius 2 is 2.11 bits per heavy atom. The fourth-order valence-corrected chi connectivity index (χ4v) is 2.25. The van der Waals surface area contributed by atoms with Gasteiger partial charge in [0, 0.05) is 30.4 Å². The van der Waals surface area contributed by atoms with Crippen LogP contribution in [-0.4, -0.2) is 17.6 Å². The number of aromatic nitrogens is 1. The van der Waals surface area contributed by atoms with E-state index in [1.807, 2.05) is 19.2 Å². The lowest BCUT2D eigenvalue weighted by atomic mass is 10.1. The lowest BCUT2D eigenvalue weighted by molar-refractivity contribution is 0.566. The molecule has 0 saturated heterocycles. The lowest BCUT2D eigenvalue weighted by Crippen LogP contribution is -2.30. The predicted octanol–water partition coefficient (Wildman–Crippen LogP) is 3.12.